The van der Waals surface area contributed by atoms with Crippen molar-refractivity contribution >= 4 is 22.7 Å². The largest absolute Gasteiger partial charge is 0.375 e. The third-order valence-electron chi connectivity index (χ3n) is 3.55. The Morgan fingerprint density at radius 2 is 1.65 bits per heavy atom. The second kappa shape index (κ2) is 9.43. The molecule has 2 aromatic rings. The summed E-state index contributed by atoms with van der Waals surface area (Å²) in [5, 5.41) is 18.9. The highest BCUT2D eigenvalue weighted by Crippen LogP contribution is 2.23. The molecule has 0 aliphatic carbocycles. The molecular formula is C19H22N4O3. The van der Waals surface area contributed by atoms with Crippen molar-refractivity contribution in [3.8, 4) is 0 Å². The number of nitro groups is 1. The maximum absolute atomic E-state index is 10.6. The van der Waals surface area contributed by atoms with Gasteiger partial charge in [-0.1, -0.05) is 12.2 Å². The van der Waals surface area contributed by atoms with E-state index in [1.807, 2.05) is 38.2 Å². The van der Waals surface area contributed by atoms with Gasteiger partial charge < -0.3 is 9.64 Å². The minimum atomic E-state index is -0.445. The summed E-state index contributed by atoms with van der Waals surface area (Å²) >= 11 is 0. The van der Waals surface area contributed by atoms with Crippen LogP contribution in [0.5, 0.6) is 0 Å². The van der Waals surface area contributed by atoms with Crippen LogP contribution in [-0.4, -0.2) is 31.7 Å². The van der Waals surface area contributed by atoms with E-state index in [2.05, 4.69) is 21.7 Å². The molecule has 2 rings (SSSR count). The van der Waals surface area contributed by atoms with Crippen LogP contribution in [0.4, 0.5) is 22.7 Å². The van der Waals surface area contributed by atoms with E-state index in [0.717, 1.165) is 17.8 Å². The molecule has 7 heteroatoms. The van der Waals surface area contributed by atoms with Gasteiger partial charge in [-0.05, 0) is 43.3 Å². The normalized spacial score (nSPS) is 10.8. The maximum atomic E-state index is 10.6. The third-order valence-corrected chi connectivity index (χ3v) is 3.55. The molecule has 0 unspecified atom stereocenters. The van der Waals surface area contributed by atoms with E-state index in [-0.39, 0.29) is 5.69 Å². The van der Waals surface area contributed by atoms with Gasteiger partial charge in [0.2, 0.25) is 0 Å². The average Bonchev–Trinajstić information content (AvgIpc) is 2.64. The number of nitrogens with zero attached hydrogens (tertiary/aromatic N) is 4. The molecule has 0 saturated heterocycles. The van der Waals surface area contributed by atoms with Crippen molar-refractivity contribution in [2.75, 3.05) is 31.7 Å². The second-order valence-corrected chi connectivity index (χ2v) is 5.92. The predicted octanol–water partition coefficient (Wildman–Crippen LogP) is 5.04. The van der Waals surface area contributed by atoms with E-state index in [0.29, 0.717) is 24.6 Å². The molecule has 0 heterocycles. The number of nitro benzene ring substituents is 1. The van der Waals surface area contributed by atoms with Crippen molar-refractivity contribution in [1.29, 1.82) is 0 Å². The van der Waals surface area contributed by atoms with Gasteiger partial charge in [-0.15, -0.1) is 0 Å². The molecule has 0 aliphatic heterocycles. The van der Waals surface area contributed by atoms with Gasteiger partial charge in [0.15, 0.2) is 0 Å². The van der Waals surface area contributed by atoms with Gasteiger partial charge in [-0.25, -0.2) is 0 Å². The fourth-order valence-corrected chi connectivity index (χ4v) is 2.11. The zero-order chi connectivity index (χ0) is 18.9. The van der Waals surface area contributed by atoms with Crippen molar-refractivity contribution in [2.24, 2.45) is 10.2 Å². The second-order valence-electron chi connectivity index (χ2n) is 5.92. The van der Waals surface area contributed by atoms with Gasteiger partial charge >= 0.3 is 0 Å². The molecule has 0 N–H and O–H groups in total. The van der Waals surface area contributed by atoms with Crippen molar-refractivity contribution in [2.45, 2.75) is 6.92 Å². The van der Waals surface area contributed by atoms with Crippen molar-refractivity contribution < 1.29 is 9.66 Å². The van der Waals surface area contributed by atoms with Crippen LogP contribution >= 0.6 is 0 Å². The van der Waals surface area contributed by atoms with E-state index in [4.69, 9.17) is 4.74 Å². The van der Waals surface area contributed by atoms with E-state index in [1.54, 1.807) is 12.1 Å². The highest BCUT2D eigenvalue weighted by molar-refractivity contribution is 5.52. The molecule has 26 heavy (non-hydrogen) atoms. The number of hydrogen-bond acceptors (Lipinski definition) is 6. The maximum Gasteiger partial charge on any atom is 0.269 e. The Morgan fingerprint density at radius 3 is 2.15 bits per heavy atom. The number of non-ortho nitro benzene ring substituents is 1. The first-order valence-electron chi connectivity index (χ1n) is 8.15. The monoisotopic (exact) mass is 354 g/mol. The predicted molar refractivity (Wildman–Crippen MR) is 103 cm³/mol. The number of benzene rings is 2. The van der Waals surface area contributed by atoms with Crippen LogP contribution < -0.4 is 4.90 Å². The van der Waals surface area contributed by atoms with Gasteiger partial charge in [0.1, 0.15) is 0 Å². The van der Waals surface area contributed by atoms with Crippen LogP contribution in [0.25, 0.3) is 0 Å². The Kier molecular flexibility index (Phi) is 6.99. The number of anilines is 1. The molecule has 0 atom stereocenters. The highest BCUT2D eigenvalue weighted by atomic mass is 16.6. The number of ether oxygens (including phenoxy) is 1. The quantitative estimate of drug-likeness (QED) is 0.208. The topological polar surface area (TPSA) is 80.3 Å². The third kappa shape index (κ3) is 6.10. The van der Waals surface area contributed by atoms with Crippen LogP contribution in [0.1, 0.15) is 6.92 Å². The number of rotatable bonds is 9. The summed E-state index contributed by atoms with van der Waals surface area (Å²) < 4.78 is 5.50. The van der Waals surface area contributed by atoms with E-state index in [1.165, 1.54) is 12.1 Å². The summed E-state index contributed by atoms with van der Waals surface area (Å²) in [4.78, 5) is 12.3. The molecule has 0 aromatic heterocycles. The fraction of sp³-hybridized carbons (Fsp3) is 0.263. The van der Waals surface area contributed by atoms with Gasteiger partial charge in [-0.2, -0.15) is 10.2 Å². The molecule has 0 fully saturated rings. The number of hydrogen-bond donors (Lipinski definition) is 0. The minimum Gasteiger partial charge on any atom is -0.375 e. The van der Waals surface area contributed by atoms with Crippen molar-refractivity contribution in [3.63, 3.8) is 0 Å². The van der Waals surface area contributed by atoms with E-state index < -0.39 is 4.92 Å². The summed E-state index contributed by atoms with van der Waals surface area (Å²) in [6, 6.07) is 13.6. The van der Waals surface area contributed by atoms with Crippen molar-refractivity contribution in [3.05, 3.63) is 70.8 Å². The summed E-state index contributed by atoms with van der Waals surface area (Å²) in [5.41, 5.74) is 3.36. The van der Waals surface area contributed by atoms with E-state index >= 15 is 0 Å². The van der Waals surface area contributed by atoms with Crippen molar-refractivity contribution in [1.82, 2.24) is 0 Å². The smallest absolute Gasteiger partial charge is 0.269 e. The Bertz CT molecular complexity index is 770. The first-order chi connectivity index (χ1) is 12.5. The molecule has 2 aromatic carbocycles. The summed E-state index contributed by atoms with van der Waals surface area (Å²) in [7, 11) is 2.00. The molecule has 0 aliphatic rings. The average molecular weight is 354 g/mol. The molecule has 0 bridgehead atoms. The molecule has 0 spiro atoms. The molecular weight excluding hydrogens is 332 g/mol. The number of likely N-dealkylation sites (N-methyl/N-ethyl adjacent to an activating group) is 1. The Balaban J connectivity index is 1.89. The molecule has 0 radical (unpaired) electrons. The van der Waals surface area contributed by atoms with Gasteiger partial charge in [0, 0.05) is 31.4 Å². The van der Waals surface area contributed by atoms with Crippen LogP contribution in [0.15, 0.2) is 70.9 Å². The molecule has 0 saturated carbocycles. The first-order valence-corrected chi connectivity index (χ1v) is 8.15. The Morgan fingerprint density at radius 1 is 1.12 bits per heavy atom. The zero-order valence-corrected chi connectivity index (χ0v) is 15.0. The number of azo groups is 1. The van der Waals surface area contributed by atoms with Crippen LogP contribution in [0.3, 0.4) is 0 Å². The van der Waals surface area contributed by atoms with Gasteiger partial charge in [0.05, 0.1) is 29.5 Å². The highest BCUT2D eigenvalue weighted by Gasteiger charge is 2.04. The standard InChI is InChI=1S/C19H22N4O3/c1-15(2)14-26-13-12-22(3)18-8-4-16(5-9-18)20-21-17-6-10-19(11-7-17)23(24)25/h4-11H,1,12-14H2,2-3H3. The molecule has 0 amide bonds. The van der Waals surface area contributed by atoms with E-state index in [9.17, 15) is 10.1 Å². The molecule has 136 valence electrons. The molecule has 7 nitrogen and oxygen atoms in total. The van der Waals surface area contributed by atoms with Gasteiger partial charge in [0.25, 0.3) is 5.69 Å². The lowest BCUT2D eigenvalue weighted by Crippen LogP contribution is -2.22. The van der Waals surface area contributed by atoms with Crippen LogP contribution in [0.2, 0.25) is 0 Å². The van der Waals surface area contributed by atoms with Gasteiger partial charge in [-0.3, -0.25) is 10.1 Å². The minimum absolute atomic E-state index is 0.0311. The summed E-state index contributed by atoms with van der Waals surface area (Å²) in [6.07, 6.45) is 0. The van der Waals surface area contributed by atoms with Crippen LogP contribution in [-0.2, 0) is 4.74 Å². The fourth-order valence-electron chi connectivity index (χ4n) is 2.11. The Labute approximate surface area is 152 Å². The zero-order valence-electron chi connectivity index (χ0n) is 15.0. The lowest BCUT2D eigenvalue weighted by atomic mass is 10.2. The first kappa shape index (κ1) is 19.3. The summed E-state index contributed by atoms with van der Waals surface area (Å²) in [6.45, 7) is 7.73. The lowest BCUT2D eigenvalue weighted by molar-refractivity contribution is -0.384. The lowest BCUT2D eigenvalue weighted by Gasteiger charge is -2.19. The summed E-state index contributed by atoms with van der Waals surface area (Å²) in [5.74, 6) is 0. The van der Waals surface area contributed by atoms with Crippen LogP contribution in [0, 0.1) is 10.1 Å². The SMILES string of the molecule is C=C(C)COCCN(C)c1ccc(N=Nc2ccc([N+](=O)[O-])cc2)cc1. The Hall–Kier alpha value is -3.06.